The third-order valence-electron chi connectivity index (χ3n) is 4.79. The molecule has 0 spiro atoms. The second kappa shape index (κ2) is 6.59. The quantitative estimate of drug-likeness (QED) is 0.818. The average Bonchev–Trinajstić information content (AvgIpc) is 3.15. The summed E-state index contributed by atoms with van der Waals surface area (Å²) >= 11 is 0. The van der Waals surface area contributed by atoms with Gasteiger partial charge in [0.25, 0.3) is 0 Å². The maximum Gasteiger partial charge on any atom is 0.306 e. The van der Waals surface area contributed by atoms with Crippen LogP contribution in [-0.2, 0) is 14.4 Å². The molecular formula is C17H19FN2O4. The molecule has 2 aliphatic rings. The van der Waals surface area contributed by atoms with Gasteiger partial charge in [-0.05, 0) is 49.9 Å². The number of carbonyl (C=O) groups excluding carboxylic acids is 2. The zero-order valence-corrected chi connectivity index (χ0v) is 13.1. The van der Waals surface area contributed by atoms with E-state index < -0.39 is 17.8 Å². The summed E-state index contributed by atoms with van der Waals surface area (Å²) in [5.41, 5.74) is 0.573. The van der Waals surface area contributed by atoms with Gasteiger partial charge < -0.3 is 15.3 Å². The van der Waals surface area contributed by atoms with Crippen molar-refractivity contribution < 1.29 is 23.9 Å². The fourth-order valence-electron chi connectivity index (χ4n) is 3.44. The molecule has 2 N–H and O–H groups in total. The van der Waals surface area contributed by atoms with Gasteiger partial charge in [-0.15, -0.1) is 0 Å². The summed E-state index contributed by atoms with van der Waals surface area (Å²) in [7, 11) is 0. The number of hydrogen-bond acceptors (Lipinski definition) is 3. The van der Waals surface area contributed by atoms with Gasteiger partial charge in [0.05, 0.1) is 5.92 Å². The molecule has 2 amide bonds. The van der Waals surface area contributed by atoms with Gasteiger partial charge >= 0.3 is 5.97 Å². The molecule has 1 aromatic carbocycles. The summed E-state index contributed by atoms with van der Waals surface area (Å²) in [4.78, 5) is 37.3. The van der Waals surface area contributed by atoms with Crippen LogP contribution in [0, 0.1) is 17.7 Å². The minimum absolute atomic E-state index is 0.189. The number of carboxylic acids is 1. The number of hydrogen-bond donors (Lipinski definition) is 2. The summed E-state index contributed by atoms with van der Waals surface area (Å²) in [6.45, 7) is 0.408. The largest absolute Gasteiger partial charge is 0.481 e. The maximum absolute atomic E-state index is 13.0. The lowest BCUT2D eigenvalue weighted by atomic mass is 10.1. The first-order valence-corrected chi connectivity index (χ1v) is 8.06. The number of nitrogens with zero attached hydrogens (tertiary/aromatic N) is 1. The first kappa shape index (κ1) is 16.4. The summed E-state index contributed by atoms with van der Waals surface area (Å²) in [5.74, 6) is -3.06. The van der Waals surface area contributed by atoms with Gasteiger partial charge in [0.15, 0.2) is 0 Å². The molecule has 1 saturated heterocycles. The Bertz CT molecular complexity index is 661. The average molecular weight is 334 g/mol. The van der Waals surface area contributed by atoms with Crippen LogP contribution in [-0.4, -0.2) is 35.5 Å². The lowest BCUT2D eigenvalue weighted by Crippen LogP contribution is -2.41. The zero-order chi connectivity index (χ0) is 17.3. The lowest BCUT2D eigenvalue weighted by molar-refractivity contribution is -0.142. The Labute approximate surface area is 138 Å². The predicted molar refractivity (Wildman–Crippen MR) is 83.8 cm³/mol. The van der Waals surface area contributed by atoms with Crippen molar-refractivity contribution in [3.63, 3.8) is 0 Å². The van der Waals surface area contributed by atoms with E-state index in [1.807, 2.05) is 0 Å². The van der Waals surface area contributed by atoms with Gasteiger partial charge in [0, 0.05) is 18.3 Å². The highest BCUT2D eigenvalue weighted by Gasteiger charge is 2.39. The highest BCUT2D eigenvalue weighted by Crippen LogP contribution is 2.28. The Balaban J connectivity index is 1.60. The van der Waals surface area contributed by atoms with Crippen LogP contribution in [0.1, 0.15) is 25.7 Å². The standard InChI is InChI=1S/C17H19FN2O4/c18-11-2-5-13(6-3-11)20-8-7-14(16(20)22)15(21)19-12-4-1-10(9-12)17(23)24/h2-3,5-6,10,12,14H,1,4,7-9H2,(H,19,21)(H,23,24)/t10-,12+,14?/m0/s1. The third kappa shape index (κ3) is 3.25. The number of carboxylic acid groups (broad SMARTS) is 1. The van der Waals surface area contributed by atoms with E-state index in [-0.39, 0.29) is 23.7 Å². The maximum atomic E-state index is 13.0. The number of rotatable bonds is 4. The van der Waals surface area contributed by atoms with Crippen LogP contribution in [0.15, 0.2) is 24.3 Å². The molecule has 1 heterocycles. The van der Waals surface area contributed by atoms with E-state index in [1.54, 1.807) is 0 Å². The van der Waals surface area contributed by atoms with Crippen molar-refractivity contribution in [2.24, 2.45) is 11.8 Å². The van der Waals surface area contributed by atoms with E-state index in [1.165, 1.54) is 29.2 Å². The van der Waals surface area contributed by atoms with E-state index >= 15 is 0 Å². The number of carbonyl (C=O) groups is 3. The molecule has 1 unspecified atom stereocenters. The van der Waals surface area contributed by atoms with Gasteiger partial charge in [0.2, 0.25) is 11.8 Å². The third-order valence-corrected chi connectivity index (χ3v) is 4.79. The normalized spacial score (nSPS) is 26.6. The Morgan fingerprint density at radius 2 is 1.88 bits per heavy atom. The van der Waals surface area contributed by atoms with Gasteiger partial charge in [-0.2, -0.15) is 0 Å². The fraction of sp³-hybridized carbons (Fsp3) is 0.471. The molecule has 2 fully saturated rings. The number of amides is 2. The highest BCUT2D eigenvalue weighted by molar-refractivity contribution is 6.09. The van der Waals surface area contributed by atoms with Crippen molar-refractivity contribution in [1.82, 2.24) is 5.32 Å². The number of halogens is 1. The molecule has 1 aliphatic heterocycles. The second-order valence-electron chi connectivity index (χ2n) is 6.36. The van der Waals surface area contributed by atoms with E-state index in [9.17, 15) is 18.8 Å². The van der Waals surface area contributed by atoms with Crippen LogP contribution in [0.2, 0.25) is 0 Å². The molecule has 128 valence electrons. The monoisotopic (exact) mass is 334 g/mol. The van der Waals surface area contributed by atoms with Crippen molar-refractivity contribution in [3.8, 4) is 0 Å². The molecule has 24 heavy (non-hydrogen) atoms. The summed E-state index contributed by atoms with van der Waals surface area (Å²) in [6.07, 6.45) is 1.96. The van der Waals surface area contributed by atoms with Crippen LogP contribution in [0.5, 0.6) is 0 Å². The molecule has 3 atom stereocenters. The van der Waals surface area contributed by atoms with Crippen LogP contribution in [0.25, 0.3) is 0 Å². The Morgan fingerprint density at radius 3 is 2.50 bits per heavy atom. The Hall–Kier alpha value is -2.44. The van der Waals surface area contributed by atoms with Crippen molar-refractivity contribution in [3.05, 3.63) is 30.1 Å². The summed E-state index contributed by atoms with van der Waals surface area (Å²) < 4.78 is 13.0. The molecule has 6 nitrogen and oxygen atoms in total. The molecule has 1 aromatic rings. The van der Waals surface area contributed by atoms with Gasteiger partial charge in [-0.3, -0.25) is 14.4 Å². The number of nitrogens with one attached hydrogen (secondary N) is 1. The van der Waals surface area contributed by atoms with Crippen molar-refractivity contribution in [1.29, 1.82) is 0 Å². The predicted octanol–water partition coefficient (Wildman–Crippen LogP) is 1.55. The van der Waals surface area contributed by atoms with Crippen molar-refractivity contribution in [2.75, 3.05) is 11.4 Å². The fourth-order valence-corrected chi connectivity index (χ4v) is 3.44. The van der Waals surface area contributed by atoms with Crippen molar-refractivity contribution >= 4 is 23.5 Å². The molecule has 3 rings (SSSR count). The van der Waals surface area contributed by atoms with Crippen LogP contribution in [0.4, 0.5) is 10.1 Å². The SMILES string of the molecule is O=C(N[C@@H]1CC[C@H](C(=O)O)C1)C1CCN(c2ccc(F)cc2)C1=O. The number of benzene rings is 1. The first-order valence-electron chi connectivity index (χ1n) is 8.06. The minimum Gasteiger partial charge on any atom is -0.481 e. The van der Waals surface area contributed by atoms with E-state index in [4.69, 9.17) is 5.11 Å². The molecule has 0 radical (unpaired) electrons. The topological polar surface area (TPSA) is 86.7 Å². The van der Waals surface area contributed by atoms with Crippen LogP contribution in [0.3, 0.4) is 0 Å². The van der Waals surface area contributed by atoms with Gasteiger partial charge in [0.1, 0.15) is 11.7 Å². The molecule has 1 saturated carbocycles. The van der Waals surface area contributed by atoms with E-state index in [0.29, 0.717) is 37.9 Å². The molecular weight excluding hydrogens is 315 g/mol. The molecule has 7 heteroatoms. The summed E-state index contributed by atoms with van der Waals surface area (Å²) in [5, 5.41) is 11.8. The van der Waals surface area contributed by atoms with Crippen LogP contribution >= 0.6 is 0 Å². The van der Waals surface area contributed by atoms with Crippen molar-refractivity contribution in [2.45, 2.75) is 31.7 Å². The smallest absolute Gasteiger partial charge is 0.306 e. The molecule has 0 bridgehead atoms. The highest BCUT2D eigenvalue weighted by atomic mass is 19.1. The molecule has 0 aromatic heterocycles. The van der Waals surface area contributed by atoms with Gasteiger partial charge in [-0.25, -0.2) is 4.39 Å². The number of aliphatic carboxylic acids is 1. The summed E-state index contributed by atoms with van der Waals surface area (Å²) in [6, 6.07) is 5.40. The van der Waals surface area contributed by atoms with Crippen LogP contribution < -0.4 is 10.2 Å². The number of anilines is 1. The van der Waals surface area contributed by atoms with E-state index in [2.05, 4.69) is 5.32 Å². The van der Waals surface area contributed by atoms with E-state index in [0.717, 1.165) is 0 Å². The zero-order valence-electron chi connectivity index (χ0n) is 13.1. The lowest BCUT2D eigenvalue weighted by Gasteiger charge is -2.18. The molecule has 1 aliphatic carbocycles. The van der Waals surface area contributed by atoms with Gasteiger partial charge in [-0.1, -0.05) is 0 Å². The Morgan fingerprint density at radius 1 is 1.17 bits per heavy atom. The second-order valence-corrected chi connectivity index (χ2v) is 6.36. The Kier molecular flexibility index (Phi) is 4.51. The first-order chi connectivity index (χ1) is 11.5. The minimum atomic E-state index is -0.842.